The Bertz CT molecular complexity index is 588. The molecule has 8 heteroatoms. The molecule has 5 aliphatic rings. The molecule has 0 aromatic rings. The summed E-state index contributed by atoms with van der Waals surface area (Å²) in [6.45, 7) is 4.43. The summed E-state index contributed by atoms with van der Waals surface area (Å²) in [5.74, 6) is 0.188. The average molecular weight is 380 g/mol. The van der Waals surface area contributed by atoms with Gasteiger partial charge in [-0.2, -0.15) is 0 Å². The lowest BCUT2D eigenvalue weighted by molar-refractivity contribution is -0.0863. The minimum Gasteiger partial charge on any atom is -0.390 e. The van der Waals surface area contributed by atoms with Gasteiger partial charge in [0.05, 0.1) is 23.9 Å². The van der Waals surface area contributed by atoms with Gasteiger partial charge in [0.15, 0.2) is 0 Å². The molecule has 5 saturated heterocycles. The molecule has 152 valence electrons. The van der Waals surface area contributed by atoms with E-state index in [1.54, 1.807) is 0 Å². The van der Waals surface area contributed by atoms with Crippen molar-refractivity contribution >= 4 is 6.03 Å². The van der Waals surface area contributed by atoms with E-state index in [1.807, 2.05) is 11.8 Å². The Hall–Kier alpha value is -0.930. The highest BCUT2D eigenvalue weighted by Gasteiger charge is 2.53. The van der Waals surface area contributed by atoms with Gasteiger partial charge < -0.3 is 25.4 Å². The summed E-state index contributed by atoms with van der Waals surface area (Å²) in [6, 6.07) is 0.574. The lowest BCUT2D eigenvalue weighted by Gasteiger charge is -2.52. The summed E-state index contributed by atoms with van der Waals surface area (Å²) in [7, 11) is 0. The van der Waals surface area contributed by atoms with Gasteiger partial charge in [-0.25, -0.2) is 4.79 Å². The standard InChI is InChI=1S/C19H33N5O3/c1-19(26)7-2-10-27-13-6-9-21-17-16(13)24(18(25)23-17)14-4-3-12-15(22-14)11(19)5-8-20-12/h11-17,20-22,26H,2-10H2,1H3,(H,23,25)/t11?,12?,13?,14?,15?,16?,17?,19-/m1/s1. The molecule has 0 aromatic carbocycles. The normalized spacial score (nSPS) is 50.2. The van der Waals surface area contributed by atoms with Gasteiger partial charge in [-0.1, -0.05) is 0 Å². The summed E-state index contributed by atoms with van der Waals surface area (Å²) in [4.78, 5) is 14.9. The number of carbonyl (C=O) groups excluding carboxylic acids is 1. The highest BCUT2D eigenvalue weighted by atomic mass is 16.5. The SMILES string of the molecule is C[C@@]1(O)CCCOC2CCNC3NC(=O)N(C4CCC5NCCC1C5N4)C32. The minimum absolute atomic E-state index is 0.00640. The van der Waals surface area contributed by atoms with Crippen LogP contribution >= 0.6 is 0 Å². The van der Waals surface area contributed by atoms with Gasteiger partial charge >= 0.3 is 6.03 Å². The van der Waals surface area contributed by atoms with Crippen molar-refractivity contribution in [3.8, 4) is 0 Å². The molecule has 0 radical (unpaired) electrons. The molecule has 8 atom stereocenters. The Morgan fingerprint density at radius 2 is 2.04 bits per heavy atom. The topological polar surface area (TPSA) is 97.9 Å². The fourth-order valence-corrected chi connectivity index (χ4v) is 6.17. The lowest BCUT2D eigenvalue weighted by Crippen LogP contribution is -2.70. The van der Waals surface area contributed by atoms with Crippen molar-refractivity contribution in [2.75, 3.05) is 19.7 Å². The predicted octanol–water partition coefficient (Wildman–Crippen LogP) is -0.314. The van der Waals surface area contributed by atoms with Crippen LogP contribution in [0.1, 0.15) is 45.4 Å². The van der Waals surface area contributed by atoms with E-state index in [0.717, 1.165) is 51.6 Å². The maximum absolute atomic E-state index is 12.9. The fourth-order valence-electron chi connectivity index (χ4n) is 6.17. The van der Waals surface area contributed by atoms with Gasteiger partial charge in [0.2, 0.25) is 0 Å². The molecule has 5 N–H and O–H groups in total. The Kier molecular flexibility index (Phi) is 4.59. The second kappa shape index (κ2) is 6.84. The van der Waals surface area contributed by atoms with Crippen LogP contribution in [0.2, 0.25) is 0 Å². The monoisotopic (exact) mass is 379 g/mol. The van der Waals surface area contributed by atoms with Gasteiger partial charge in [-0.3, -0.25) is 10.6 Å². The molecule has 5 heterocycles. The van der Waals surface area contributed by atoms with Gasteiger partial charge in [0, 0.05) is 24.6 Å². The molecule has 0 aliphatic carbocycles. The number of piperidine rings is 3. The van der Waals surface area contributed by atoms with Crippen LogP contribution in [0, 0.1) is 5.92 Å². The molecule has 7 unspecified atom stereocenters. The van der Waals surface area contributed by atoms with E-state index < -0.39 is 5.60 Å². The van der Waals surface area contributed by atoms with Crippen molar-refractivity contribution in [2.24, 2.45) is 5.92 Å². The van der Waals surface area contributed by atoms with Gasteiger partial charge in [-0.05, 0) is 58.5 Å². The first kappa shape index (κ1) is 18.1. The van der Waals surface area contributed by atoms with Crippen molar-refractivity contribution < 1.29 is 14.6 Å². The zero-order chi connectivity index (χ0) is 18.6. The number of urea groups is 1. The molecule has 2 bridgehead atoms. The van der Waals surface area contributed by atoms with E-state index in [2.05, 4.69) is 21.3 Å². The predicted molar refractivity (Wildman–Crippen MR) is 100 cm³/mol. The van der Waals surface area contributed by atoms with E-state index >= 15 is 0 Å². The smallest absolute Gasteiger partial charge is 0.320 e. The number of ether oxygens (including phenoxy) is 1. The highest BCUT2D eigenvalue weighted by Crippen LogP contribution is 2.37. The number of nitrogens with one attached hydrogen (secondary N) is 4. The Balaban J connectivity index is 1.48. The molecular weight excluding hydrogens is 346 g/mol. The summed E-state index contributed by atoms with van der Waals surface area (Å²) in [5, 5.41) is 25.2. The van der Waals surface area contributed by atoms with Crippen molar-refractivity contribution in [1.29, 1.82) is 0 Å². The van der Waals surface area contributed by atoms with Gasteiger partial charge in [0.25, 0.3) is 0 Å². The maximum atomic E-state index is 12.9. The molecule has 5 aliphatic heterocycles. The Morgan fingerprint density at radius 3 is 2.93 bits per heavy atom. The van der Waals surface area contributed by atoms with Crippen molar-refractivity contribution in [3.05, 3.63) is 0 Å². The van der Waals surface area contributed by atoms with Crippen molar-refractivity contribution in [1.82, 2.24) is 26.2 Å². The van der Waals surface area contributed by atoms with E-state index in [-0.39, 0.29) is 42.5 Å². The molecule has 2 amide bonds. The third-order valence-electron chi connectivity index (χ3n) is 7.51. The van der Waals surface area contributed by atoms with E-state index in [9.17, 15) is 9.90 Å². The fraction of sp³-hybridized carbons (Fsp3) is 0.947. The second-order valence-electron chi connectivity index (χ2n) is 9.18. The number of rotatable bonds is 0. The third kappa shape index (κ3) is 3.06. The first-order valence-electron chi connectivity index (χ1n) is 10.7. The number of fused-ring (bicyclic) bond motifs is 2. The van der Waals surface area contributed by atoms with Gasteiger partial charge in [-0.15, -0.1) is 0 Å². The number of amides is 2. The Morgan fingerprint density at radius 1 is 1.19 bits per heavy atom. The number of carbonyl (C=O) groups is 1. The molecule has 0 spiro atoms. The number of nitrogens with zero attached hydrogens (tertiary/aromatic N) is 1. The van der Waals surface area contributed by atoms with Crippen LogP contribution < -0.4 is 21.3 Å². The van der Waals surface area contributed by atoms with E-state index in [0.29, 0.717) is 12.6 Å². The summed E-state index contributed by atoms with van der Waals surface area (Å²) in [6.07, 6.45) is 5.41. The van der Waals surface area contributed by atoms with Crippen LogP contribution in [0.5, 0.6) is 0 Å². The molecule has 5 rings (SSSR count). The summed E-state index contributed by atoms with van der Waals surface area (Å²) < 4.78 is 6.26. The number of aliphatic hydroxyl groups is 1. The molecule has 0 saturated carbocycles. The van der Waals surface area contributed by atoms with Crippen LogP contribution in [0.25, 0.3) is 0 Å². The molecular formula is C19H33N5O3. The Labute approximate surface area is 160 Å². The van der Waals surface area contributed by atoms with E-state index in [4.69, 9.17) is 4.74 Å². The van der Waals surface area contributed by atoms with Gasteiger partial charge in [0.1, 0.15) is 6.17 Å². The van der Waals surface area contributed by atoms with Crippen LogP contribution in [0.15, 0.2) is 0 Å². The number of hydrogen-bond donors (Lipinski definition) is 5. The van der Waals surface area contributed by atoms with E-state index in [1.165, 1.54) is 0 Å². The molecule has 0 aromatic heterocycles. The van der Waals surface area contributed by atoms with Crippen molar-refractivity contribution in [2.45, 2.75) is 87.6 Å². The summed E-state index contributed by atoms with van der Waals surface area (Å²) >= 11 is 0. The summed E-state index contributed by atoms with van der Waals surface area (Å²) in [5.41, 5.74) is -0.716. The largest absolute Gasteiger partial charge is 0.390 e. The lowest BCUT2D eigenvalue weighted by atomic mass is 9.71. The minimum atomic E-state index is -0.716. The van der Waals surface area contributed by atoms with Crippen LogP contribution in [0.4, 0.5) is 4.79 Å². The highest BCUT2D eigenvalue weighted by molar-refractivity contribution is 5.78. The molecule has 27 heavy (non-hydrogen) atoms. The molecule has 8 nitrogen and oxygen atoms in total. The first-order valence-corrected chi connectivity index (χ1v) is 10.7. The zero-order valence-corrected chi connectivity index (χ0v) is 16.1. The first-order chi connectivity index (χ1) is 13.0. The maximum Gasteiger partial charge on any atom is 0.320 e. The van der Waals surface area contributed by atoms with Crippen LogP contribution in [0.3, 0.4) is 0 Å². The quantitative estimate of drug-likeness (QED) is 0.396. The third-order valence-corrected chi connectivity index (χ3v) is 7.51. The zero-order valence-electron chi connectivity index (χ0n) is 16.1. The average Bonchev–Trinajstić information content (AvgIpc) is 3.00. The number of hydrogen-bond acceptors (Lipinski definition) is 6. The van der Waals surface area contributed by atoms with Crippen molar-refractivity contribution in [3.63, 3.8) is 0 Å². The van der Waals surface area contributed by atoms with Crippen LogP contribution in [-0.2, 0) is 4.74 Å². The molecule has 5 fully saturated rings. The second-order valence-corrected chi connectivity index (χ2v) is 9.18. The van der Waals surface area contributed by atoms with Crippen LogP contribution in [-0.4, -0.2) is 77.9 Å².